The van der Waals surface area contributed by atoms with E-state index in [1.165, 1.54) is 0 Å². The summed E-state index contributed by atoms with van der Waals surface area (Å²) in [6.07, 6.45) is 1.56. The minimum atomic E-state index is 0.294. The van der Waals surface area contributed by atoms with Crippen LogP contribution in [-0.2, 0) is 0 Å². The number of nitrogens with two attached hydrogens (primary N) is 1. The summed E-state index contributed by atoms with van der Waals surface area (Å²) in [5.74, 6) is 0.565. The van der Waals surface area contributed by atoms with Gasteiger partial charge in [-0.2, -0.15) is 5.10 Å². The average Bonchev–Trinajstić information content (AvgIpc) is 2.33. The van der Waals surface area contributed by atoms with Gasteiger partial charge in [-0.3, -0.25) is 0 Å². The zero-order valence-corrected chi connectivity index (χ0v) is 12.0. The normalized spacial score (nSPS) is 10.1. The van der Waals surface area contributed by atoms with Gasteiger partial charge in [0.25, 0.3) is 0 Å². The predicted molar refractivity (Wildman–Crippen MR) is 80.1 cm³/mol. The van der Waals surface area contributed by atoms with E-state index < -0.39 is 0 Å². The van der Waals surface area contributed by atoms with Crippen LogP contribution in [0.15, 0.2) is 34.9 Å². The number of thiocarbonyl (C=S) groups is 1. The van der Waals surface area contributed by atoms with Gasteiger partial charge in [-0.05, 0) is 36.8 Å². The molecule has 6 heteroatoms. The lowest BCUT2D eigenvalue weighted by Gasteiger charge is -2.11. The number of aromatic nitrogens is 2. The summed E-state index contributed by atoms with van der Waals surface area (Å²) in [5.41, 5.74) is 8.36. The molecule has 2 rings (SSSR count). The van der Waals surface area contributed by atoms with Crippen LogP contribution in [0.5, 0.6) is 0 Å². The van der Waals surface area contributed by atoms with E-state index in [1.54, 1.807) is 12.3 Å². The summed E-state index contributed by atoms with van der Waals surface area (Å²) < 4.78 is 1.03. The van der Waals surface area contributed by atoms with Crippen LogP contribution in [0, 0.1) is 6.92 Å². The van der Waals surface area contributed by atoms with E-state index >= 15 is 0 Å². The van der Waals surface area contributed by atoms with Crippen molar-refractivity contribution < 1.29 is 0 Å². The largest absolute Gasteiger partial charge is 0.389 e. The van der Waals surface area contributed by atoms with Gasteiger partial charge in [0.2, 0.25) is 0 Å². The van der Waals surface area contributed by atoms with Crippen molar-refractivity contribution in [2.75, 3.05) is 5.32 Å². The molecule has 18 heavy (non-hydrogen) atoms. The summed E-state index contributed by atoms with van der Waals surface area (Å²) >= 11 is 8.40. The summed E-state index contributed by atoms with van der Waals surface area (Å²) in [5, 5.41) is 11.0. The minimum absolute atomic E-state index is 0.294. The highest BCUT2D eigenvalue weighted by atomic mass is 79.9. The van der Waals surface area contributed by atoms with E-state index in [0.717, 1.165) is 15.7 Å². The highest BCUT2D eigenvalue weighted by molar-refractivity contribution is 9.10. The predicted octanol–water partition coefficient (Wildman–Crippen LogP) is 2.93. The molecule has 0 fully saturated rings. The van der Waals surface area contributed by atoms with Crippen LogP contribution in [0.1, 0.15) is 11.1 Å². The molecular weight excluding hydrogens is 312 g/mol. The molecule has 0 atom stereocenters. The van der Waals surface area contributed by atoms with E-state index in [0.29, 0.717) is 16.4 Å². The molecule has 0 aliphatic rings. The van der Waals surface area contributed by atoms with Crippen molar-refractivity contribution in [3.05, 3.63) is 46.1 Å². The molecule has 0 spiro atoms. The molecular formula is C12H11BrN4S. The van der Waals surface area contributed by atoms with Gasteiger partial charge in [0, 0.05) is 10.2 Å². The number of rotatable bonds is 3. The zero-order valence-electron chi connectivity index (χ0n) is 9.64. The Bertz CT molecular complexity index is 600. The fraction of sp³-hybridized carbons (Fsp3) is 0.0833. The molecule has 0 saturated heterocycles. The standard InChI is InChI=1S/C12H11BrN4S/c1-7-6-8(13)2-3-10(7)16-12-9(11(14)18)4-5-15-17-12/h2-6H,1H3,(H2,14,18)(H,16,17). The van der Waals surface area contributed by atoms with Gasteiger partial charge in [-0.15, -0.1) is 5.10 Å². The molecule has 0 radical (unpaired) electrons. The van der Waals surface area contributed by atoms with Crippen molar-refractivity contribution in [1.82, 2.24) is 10.2 Å². The fourth-order valence-electron chi connectivity index (χ4n) is 1.52. The van der Waals surface area contributed by atoms with Gasteiger partial charge in [-0.1, -0.05) is 28.1 Å². The van der Waals surface area contributed by atoms with E-state index in [1.807, 2.05) is 25.1 Å². The molecule has 1 aromatic heterocycles. The maximum atomic E-state index is 5.65. The topological polar surface area (TPSA) is 63.8 Å². The highest BCUT2D eigenvalue weighted by Gasteiger charge is 2.08. The number of halogens is 1. The van der Waals surface area contributed by atoms with Gasteiger partial charge in [0.1, 0.15) is 4.99 Å². The molecule has 4 nitrogen and oxygen atoms in total. The van der Waals surface area contributed by atoms with Gasteiger partial charge < -0.3 is 11.1 Å². The third-order valence-electron chi connectivity index (χ3n) is 2.43. The molecule has 0 amide bonds. The van der Waals surface area contributed by atoms with Gasteiger partial charge in [0.15, 0.2) is 5.82 Å². The maximum Gasteiger partial charge on any atom is 0.163 e. The number of nitrogens with one attached hydrogen (secondary N) is 1. The fourth-order valence-corrected chi connectivity index (χ4v) is 2.16. The second kappa shape index (κ2) is 5.41. The minimum Gasteiger partial charge on any atom is -0.389 e. The molecule has 1 aromatic carbocycles. The van der Waals surface area contributed by atoms with Crippen LogP contribution in [0.3, 0.4) is 0 Å². The molecule has 0 aliphatic carbocycles. The van der Waals surface area contributed by atoms with Crippen molar-refractivity contribution in [3.63, 3.8) is 0 Å². The SMILES string of the molecule is Cc1cc(Br)ccc1Nc1nnccc1C(N)=S. The Labute approximate surface area is 119 Å². The molecule has 0 unspecified atom stereocenters. The van der Waals surface area contributed by atoms with E-state index in [-0.39, 0.29) is 0 Å². The zero-order chi connectivity index (χ0) is 13.1. The number of anilines is 2. The maximum absolute atomic E-state index is 5.65. The first-order valence-electron chi connectivity index (χ1n) is 5.22. The van der Waals surface area contributed by atoms with Crippen LogP contribution < -0.4 is 11.1 Å². The third kappa shape index (κ3) is 2.83. The van der Waals surface area contributed by atoms with Crippen molar-refractivity contribution in [1.29, 1.82) is 0 Å². The molecule has 0 aliphatic heterocycles. The van der Waals surface area contributed by atoms with Crippen molar-refractivity contribution in [2.45, 2.75) is 6.92 Å². The van der Waals surface area contributed by atoms with Crippen LogP contribution >= 0.6 is 28.1 Å². The van der Waals surface area contributed by atoms with Gasteiger partial charge >= 0.3 is 0 Å². The summed E-state index contributed by atoms with van der Waals surface area (Å²) in [4.78, 5) is 0.294. The molecule has 92 valence electrons. The lowest BCUT2D eigenvalue weighted by Crippen LogP contribution is -2.13. The summed E-state index contributed by atoms with van der Waals surface area (Å²) in [7, 11) is 0. The van der Waals surface area contributed by atoms with E-state index in [9.17, 15) is 0 Å². The van der Waals surface area contributed by atoms with Gasteiger partial charge in [-0.25, -0.2) is 0 Å². The summed E-state index contributed by atoms with van der Waals surface area (Å²) in [6, 6.07) is 7.66. The molecule has 1 heterocycles. The highest BCUT2D eigenvalue weighted by Crippen LogP contribution is 2.24. The first-order valence-corrected chi connectivity index (χ1v) is 6.42. The Morgan fingerprint density at radius 3 is 2.83 bits per heavy atom. The third-order valence-corrected chi connectivity index (χ3v) is 3.14. The van der Waals surface area contributed by atoms with Crippen LogP contribution in [0.4, 0.5) is 11.5 Å². The monoisotopic (exact) mass is 322 g/mol. The second-order valence-corrected chi connectivity index (χ2v) is 5.10. The first-order chi connectivity index (χ1) is 8.58. The summed E-state index contributed by atoms with van der Waals surface area (Å²) in [6.45, 7) is 2.00. The smallest absolute Gasteiger partial charge is 0.163 e. The Morgan fingerprint density at radius 1 is 1.39 bits per heavy atom. The molecule has 0 saturated carbocycles. The number of benzene rings is 1. The quantitative estimate of drug-likeness (QED) is 0.851. The van der Waals surface area contributed by atoms with Crippen LogP contribution in [0.25, 0.3) is 0 Å². The second-order valence-electron chi connectivity index (χ2n) is 3.74. The molecule has 2 aromatic rings. The Balaban J connectivity index is 2.37. The number of nitrogens with zero attached hydrogens (tertiary/aromatic N) is 2. The Morgan fingerprint density at radius 2 is 2.17 bits per heavy atom. The van der Waals surface area contributed by atoms with E-state index in [4.69, 9.17) is 18.0 Å². The van der Waals surface area contributed by atoms with Gasteiger partial charge in [0.05, 0.1) is 11.8 Å². The Kier molecular flexibility index (Phi) is 3.88. The van der Waals surface area contributed by atoms with Crippen molar-refractivity contribution >= 4 is 44.6 Å². The van der Waals surface area contributed by atoms with Crippen molar-refractivity contribution in [3.8, 4) is 0 Å². The first kappa shape index (κ1) is 12.9. The number of hydrogen-bond donors (Lipinski definition) is 2. The number of aryl methyl sites for hydroxylation is 1. The molecule has 0 bridgehead atoms. The lowest BCUT2D eigenvalue weighted by molar-refractivity contribution is 1.03. The molecule has 3 N–H and O–H groups in total. The number of hydrogen-bond acceptors (Lipinski definition) is 4. The average molecular weight is 323 g/mol. The Hall–Kier alpha value is -1.53. The van der Waals surface area contributed by atoms with E-state index in [2.05, 4.69) is 31.4 Å². The van der Waals surface area contributed by atoms with Crippen molar-refractivity contribution in [2.24, 2.45) is 5.73 Å². The van der Waals surface area contributed by atoms with Crippen LogP contribution in [0.2, 0.25) is 0 Å². The lowest BCUT2D eigenvalue weighted by atomic mass is 10.2. The van der Waals surface area contributed by atoms with Crippen LogP contribution in [-0.4, -0.2) is 15.2 Å².